The van der Waals surface area contributed by atoms with Crippen LogP contribution in [0.4, 0.5) is 8.78 Å². The van der Waals surface area contributed by atoms with Gasteiger partial charge in [0, 0.05) is 22.1 Å². The van der Waals surface area contributed by atoms with Crippen molar-refractivity contribution in [1.82, 2.24) is 9.55 Å². The molecule has 0 saturated carbocycles. The Labute approximate surface area is 163 Å². The van der Waals surface area contributed by atoms with Crippen molar-refractivity contribution in [3.8, 4) is 11.4 Å². The van der Waals surface area contributed by atoms with Crippen molar-refractivity contribution in [2.45, 2.75) is 38.5 Å². The number of ether oxygens (including phenoxy) is 1. The van der Waals surface area contributed by atoms with E-state index in [1.54, 1.807) is 19.1 Å². The standard InChI is InChI=1S/C21H16F2N2O4/c1-2-21(28)14-7-16-17-12(8-25(16)19(26)13(14)9-29-20(21)27)6-11-5-10(18(22)23)3-4-15(11)24-17/h3-7,18,28H,2,8-9H2,1H3. The molecule has 0 radical (unpaired) electrons. The SMILES string of the molecule is CCC1(O)C(=O)OCc2c1cc1n(c2=O)Cc2cc3cc(C(F)F)ccc3nc2-1. The predicted octanol–water partition coefficient (Wildman–Crippen LogP) is 3.02. The number of hydrogen-bond acceptors (Lipinski definition) is 5. The average Bonchev–Trinajstić information content (AvgIpc) is 3.07. The number of aromatic nitrogens is 2. The van der Waals surface area contributed by atoms with E-state index in [4.69, 9.17) is 4.74 Å². The molecule has 1 N–H and O–H groups in total. The molecule has 0 spiro atoms. The van der Waals surface area contributed by atoms with E-state index in [1.807, 2.05) is 0 Å². The summed E-state index contributed by atoms with van der Waals surface area (Å²) < 4.78 is 32.6. The zero-order valence-corrected chi connectivity index (χ0v) is 15.4. The topological polar surface area (TPSA) is 81.4 Å². The molecule has 8 heteroatoms. The van der Waals surface area contributed by atoms with Gasteiger partial charge in [0.15, 0.2) is 5.60 Å². The van der Waals surface area contributed by atoms with Crippen LogP contribution < -0.4 is 5.56 Å². The third kappa shape index (κ3) is 2.38. The molecule has 6 nitrogen and oxygen atoms in total. The molecule has 2 aliphatic rings. The van der Waals surface area contributed by atoms with Crippen LogP contribution in [0, 0.1) is 0 Å². The van der Waals surface area contributed by atoms with E-state index < -0.39 is 18.0 Å². The lowest BCUT2D eigenvalue weighted by Gasteiger charge is -2.31. The van der Waals surface area contributed by atoms with Crippen LogP contribution in [0.1, 0.15) is 42.0 Å². The number of esters is 1. The zero-order chi connectivity index (χ0) is 20.5. The molecular weight excluding hydrogens is 382 g/mol. The summed E-state index contributed by atoms with van der Waals surface area (Å²) in [6.45, 7) is 1.68. The number of rotatable bonds is 2. The summed E-state index contributed by atoms with van der Waals surface area (Å²) in [5.41, 5.74) is 0.439. The molecule has 0 fully saturated rings. The van der Waals surface area contributed by atoms with Crippen molar-refractivity contribution >= 4 is 16.9 Å². The molecular formula is C21H16F2N2O4. The molecule has 1 aromatic carbocycles. The summed E-state index contributed by atoms with van der Waals surface area (Å²) in [5.74, 6) is -0.777. The fraction of sp³-hybridized carbons (Fsp3) is 0.286. The number of alkyl halides is 2. The summed E-state index contributed by atoms with van der Waals surface area (Å²) in [7, 11) is 0. The number of pyridine rings is 2. The highest BCUT2D eigenvalue weighted by atomic mass is 19.3. The Morgan fingerprint density at radius 3 is 2.79 bits per heavy atom. The Kier molecular flexibility index (Phi) is 3.67. The van der Waals surface area contributed by atoms with E-state index >= 15 is 0 Å². The van der Waals surface area contributed by atoms with Gasteiger partial charge in [-0.05, 0) is 30.7 Å². The number of hydrogen-bond donors (Lipinski definition) is 1. The number of cyclic esters (lactones) is 1. The van der Waals surface area contributed by atoms with E-state index in [1.165, 1.54) is 22.8 Å². The normalized spacial score (nSPS) is 19.8. The van der Waals surface area contributed by atoms with Gasteiger partial charge >= 0.3 is 5.97 Å². The fourth-order valence-electron chi connectivity index (χ4n) is 4.14. The third-order valence-corrected chi connectivity index (χ3v) is 5.78. The van der Waals surface area contributed by atoms with Crippen LogP contribution in [0.25, 0.3) is 22.3 Å². The summed E-state index contributed by atoms with van der Waals surface area (Å²) in [5, 5.41) is 11.4. The van der Waals surface area contributed by atoms with Crippen molar-refractivity contribution in [2.75, 3.05) is 0 Å². The quantitative estimate of drug-likeness (QED) is 0.525. The zero-order valence-electron chi connectivity index (χ0n) is 15.4. The second kappa shape index (κ2) is 5.93. The third-order valence-electron chi connectivity index (χ3n) is 5.78. The summed E-state index contributed by atoms with van der Waals surface area (Å²) in [4.78, 5) is 29.8. The summed E-state index contributed by atoms with van der Waals surface area (Å²) in [6.07, 6.45) is -2.51. The molecule has 4 heterocycles. The van der Waals surface area contributed by atoms with E-state index in [2.05, 4.69) is 4.98 Å². The summed E-state index contributed by atoms with van der Waals surface area (Å²) in [6, 6.07) is 7.62. The lowest BCUT2D eigenvalue weighted by molar-refractivity contribution is -0.172. The maximum absolute atomic E-state index is 13.1. The molecule has 2 aromatic heterocycles. The van der Waals surface area contributed by atoms with Crippen molar-refractivity contribution in [1.29, 1.82) is 0 Å². The first-order valence-electron chi connectivity index (χ1n) is 9.22. The molecule has 3 aromatic rings. The first kappa shape index (κ1) is 17.9. The molecule has 5 rings (SSSR count). The Balaban J connectivity index is 1.74. The van der Waals surface area contributed by atoms with Gasteiger partial charge in [0.25, 0.3) is 12.0 Å². The molecule has 0 aliphatic carbocycles. The summed E-state index contributed by atoms with van der Waals surface area (Å²) >= 11 is 0. The van der Waals surface area contributed by atoms with Gasteiger partial charge in [0.1, 0.15) is 6.61 Å². The maximum Gasteiger partial charge on any atom is 0.343 e. The van der Waals surface area contributed by atoms with Gasteiger partial charge in [0.05, 0.1) is 29.0 Å². The van der Waals surface area contributed by atoms with Gasteiger partial charge in [-0.2, -0.15) is 0 Å². The smallest absolute Gasteiger partial charge is 0.343 e. The molecule has 0 bridgehead atoms. The van der Waals surface area contributed by atoms with E-state index in [9.17, 15) is 23.5 Å². The van der Waals surface area contributed by atoms with Crippen LogP contribution >= 0.6 is 0 Å². The monoisotopic (exact) mass is 398 g/mol. The second-order valence-corrected chi connectivity index (χ2v) is 7.35. The maximum atomic E-state index is 13.1. The molecule has 1 atom stereocenters. The number of aliphatic hydroxyl groups is 1. The van der Waals surface area contributed by atoms with Gasteiger partial charge in [-0.3, -0.25) is 4.79 Å². The van der Waals surface area contributed by atoms with Crippen molar-refractivity contribution in [3.05, 3.63) is 62.9 Å². The Hall–Kier alpha value is -3.13. The lowest BCUT2D eigenvalue weighted by atomic mass is 9.86. The van der Waals surface area contributed by atoms with E-state index in [-0.39, 0.29) is 41.8 Å². The number of fused-ring (bicyclic) bond motifs is 5. The molecule has 2 aliphatic heterocycles. The van der Waals surface area contributed by atoms with Crippen molar-refractivity contribution < 1.29 is 23.4 Å². The van der Waals surface area contributed by atoms with Crippen molar-refractivity contribution in [2.24, 2.45) is 0 Å². The number of halogens is 2. The average molecular weight is 398 g/mol. The van der Waals surface area contributed by atoms with Gasteiger partial charge in [-0.25, -0.2) is 18.6 Å². The van der Waals surface area contributed by atoms with Crippen LogP contribution in [0.2, 0.25) is 0 Å². The largest absolute Gasteiger partial charge is 0.458 e. The number of nitrogens with zero attached hydrogens (tertiary/aromatic N) is 2. The molecule has 148 valence electrons. The van der Waals surface area contributed by atoms with Gasteiger partial charge in [0.2, 0.25) is 0 Å². The highest BCUT2D eigenvalue weighted by Gasteiger charge is 2.45. The van der Waals surface area contributed by atoms with Crippen LogP contribution in [-0.2, 0) is 28.3 Å². The first-order chi connectivity index (χ1) is 13.8. The molecule has 0 saturated heterocycles. The lowest BCUT2D eigenvalue weighted by Crippen LogP contribution is -2.44. The van der Waals surface area contributed by atoms with Gasteiger partial charge < -0.3 is 14.4 Å². The highest BCUT2D eigenvalue weighted by molar-refractivity contribution is 5.86. The number of carbonyl (C=O) groups excluding carboxylic acids is 1. The number of benzene rings is 1. The van der Waals surface area contributed by atoms with Crippen LogP contribution in [0.5, 0.6) is 0 Å². The fourth-order valence-corrected chi connectivity index (χ4v) is 4.14. The van der Waals surface area contributed by atoms with E-state index in [0.29, 0.717) is 22.3 Å². The predicted molar refractivity (Wildman–Crippen MR) is 99.5 cm³/mol. The Morgan fingerprint density at radius 1 is 1.28 bits per heavy atom. The molecule has 29 heavy (non-hydrogen) atoms. The second-order valence-electron chi connectivity index (χ2n) is 7.35. The molecule has 0 amide bonds. The van der Waals surface area contributed by atoms with Crippen LogP contribution in [0.3, 0.4) is 0 Å². The van der Waals surface area contributed by atoms with Crippen LogP contribution in [0.15, 0.2) is 35.1 Å². The van der Waals surface area contributed by atoms with E-state index in [0.717, 1.165) is 5.56 Å². The van der Waals surface area contributed by atoms with Gasteiger partial charge in [-0.1, -0.05) is 13.0 Å². The Morgan fingerprint density at radius 2 is 2.07 bits per heavy atom. The van der Waals surface area contributed by atoms with Gasteiger partial charge in [-0.15, -0.1) is 0 Å². The van der Waals surface area contributed by atoms with Crippen LogP contribution in [-0.4, -0.2) is 20.6 Å². The highest BCUT2D eigenvalue weighted by Crippen LogP contribution is 2.38. The Bertz CT molecular complexity index is 1270. The minimum absolute atomic E-state index is 0.0656. The minimum Gasteiger partial charge on any atom is -0.458 e. The number of carbonyl (C=O) groups is 1. The molecule has 1 unspecified atom stereocenters. The minimum atomic E-state index is -2.58. The van der Waals surface area contributed by atoms with Crippen molar-refractivity contribution in [3.63, 3.8) is 0 Å². The first-order valence-corrected chi connectivity index (χ1v) is 9.22.